The highest BCUT2D eigenvalue weighted by atomic mass is 28.6. The summed E-state index contributed by atoms with van der Waals surface area (Å²) in [6, 6.07) is 0.845. The highest BCUT2D eigenvalue weighted by molar-refractivity contribution is 6.98. The van der Waals surface area contributed by atoms with Gasteiger partial charge in [0.2, 0.25) is 0 Å². The predicted octanol–water partition coefficient (Wildman–Crippen LogP) is 21.7. The largest absolute Gasteiger partial charge is 0.465 e. The molecule has 0 saturated heterocycles. The molecule has 0 heterocycles. The van der Waals surface area contributed by atoms with Crippen LogP contribution in [0.1, 0.15) is 33.6 Å². The van der Waals surface area contributed by atoms with Gasteiger partial charge < -0.3 is 108 Å². The number of rotatable bonds is 56. The summed E-state index contributed by atoms with van der Waals surface area (Å²) in [5.41, 5.74) is -0.489. The minimum Gasteiger partial charge on any atom is -0.465 e. The molecule has 0 aromatic carbocycles. The molecule has 0 atom stereocenters. The lowest BCUT2D eigenvalue weighted by molar-refractivity contribution is -0.154. The summed E-state index contributed by atoms with van der Waals surface area (Å²) in [5, 5.41) is 0. The Morgan fingerprint density at radius 1 is 0.191 bits per heavy atom. The Labute approximate surface area is 732 Å². The molecule has 0 aromatic rings. The maximum atomic E-state index is 12.6. The van der Waals surface area contributed by atoms with Crippen LogP contribution in [0.5, 0.6) is 0 Å². The number of ether oxygens (including phenoxy) is 1. The third kappa shape index (κ3) is 54.4. The van der Waals surface area contributed by atoms with Crippen molar-refractivity contribution in [3.8, 4) is 0 Å². The van der Waals surface area contributed by atoms with E-state index >= 15 is 0 Å². The molecule has 0 aromatic heterocycles. The van der Waals surface area contributed by atoms with Crippen molar-refractivity contribution in [1.82, 2.24) is 0 Å². The average molecular weight is 2080 g/mol. The Hall–Kier alpha value is 4.11. The number of esters is 1. The van der Waals surface area contributed by atoms with Gasteiger partial charge in [0.15, 0.2) is 16.6 Å². The van der Waals surface area contributed by atoms with Crippen molar-refractivity contribution in [2.24, 2.45) is 5.41 Å². The highest BCUT2D eigenvalue weighted by Crippen LogP contribution is 2.38. The molecule has 27 nitrogen and oxygen atoms in total. The second kappa shape index (κ2) is 40.9. The van der Waals surface area contributed by atoms with E-state index in [-0.39, 0.29) is 5.97 Å². The van der Waals surface area contributed by atoms with E-state index in [9.17, 15) is 4.79 Å². The van der Waals surface area contributed by atoms with Gasteiger partial charge in [0.25, 0.3) is 0 Å². The fraction of sp³-hybridized carbons (Fsp3) is 0.984. The Morgan fingerprint density at radius 2 is 0.304 bits per heavy atom. The van der Waals surface area contributed by atoms with Crippen LogP contribution in [-0.2, 0) is 112 Å². The van der Waals surface area contributed by atoms with Gasteiger partial charge in [-0.05, 0) is 380 Å². The summed E-state index contributed by atoms with van der Waals surface area (Å²) in [6.07, 6.45) is 1.47. The Kier molecular flexibility index (Phi) is 42.3. The van der Waals surface area contributed by atoms with Gasteiger partial charge in [0, 0.05) is 0 Å². The lowest BCUT2D eigenvalue weighted by Gasteiger charge is -2.45. The number of hydrogen-bond acceptors (Lipinski definition) is 27. The van der Waals surface area contributed by atoms with Gasteiger partial charge in [-0.3, -0.25) is 4.79 Å². The van der Waals surface area contributed by atoms with E-state index in [0.717, 1.165) is 18.9 Å². The van der Waals surface area contributed by atoms with Crippen molar-refractivity contribution in [3.05, 3.63) is 0 Å². The van der Waals surface area contributed by atoms with Gasteiger partial charge in [-0.15, -0.1) is 0 Å². The second-order valence-corrected chi connectivity index (χ2v) is 139. The van der Waals surface area contributed by atoms with Gasteiger partial charge in [-0.1, -0.05) is 6.92 Å². The molecule has 0 spiro atoms. The van der Waals surface area contributed by atoms with Crippen LogP contribution in [-0.4, -0.2) is 235 Å². The first-order chi connectivity index (χ1) is 49.4. The summed E-state index contributed by atoms with van der Waals surface area (Å²) in [5.74, 6) is -0.159. The maximum absolute atomic E-state index is 12.6. The van der Waals surface area contributed by atoms with Gasteiger partial charge in [0.1, 0.15) is 0 Å². The minimum atomic E-state index is -2.93. The maximum Gasteiger partial charge on any atom is 0.314 e. The normalized spacial score (nSPS) is 16.0. The van der Waals surface area contributed by atoms with Crippen molar-refractivity contribution < 1.29 is 112 Å². The zero-order chi connectivity index (χ0) is 92.3. The van der Waals surface area contributed by atoms with Gasteiger partial charge in [0.05, 0.1) is 12.0 Å². The number of carbonyl (C=O) groups is 1. The zero-order valence-electron chi connectivity index (χ0n) is 83.9. The molecule has 0 fully saturated rings. The quantitative estimate of drug-likeness (QED) is 0.0311. The molecule has 0 aliphatic heterocycles. The topological polar surface area (TPSA) is 257 Å². The third-order valence-electron chi connectivity index (χ3n) is 15.0. The number of carbonyl (C=O) groups excluding carboxylic acids is 1. The van der Waals surface area contributed by atoms with E-state index in [2.05, 4.69) is 347 Å². The van der Waals surface area contributed by atoms with E-state index in [4.69, 9.17) is 108 Å². The standard InChI is InChI=1S/C62H176O27Si26/c1-57-62(2,3)61(63)64-59-58-60-91(7,8)66-93(11,12)68-95(15,16)70-97(19,20)72-99(23,24)74-101(27,28)76-103(31,32)78-105(35,36)80-107(39,40)82-109(43,44)84-111(47,48)86-113(51,52)88-115(55,56)89-114(53,54)87-112(49,50)85-110(45,46)83-108(41,42)81-106(37,38)79-104(33,34)77-102(29,30)75-100(25,26)73-98(21,22)71-96(17,18)69-94(13,14)67-92(9,10)65-90(4,5)6/h57-60H2,1-56H3. The van der Waals surface area contributed by atoms with Crippen LogP contribution in [0.2, 0.25) is 353 Å². The SMILES string of the molecule is CCC(C)(C)C(=O)OCCC[Si](C)(C)O[Si](C)(C)O[Si](C)(C)O[Si](C)(C)O[Si](C)(C)O[Si](C)(C)O[Si](C)(C)O[Si](C)(C)O[Si](C)(C)O[Si](C)(C)O[Si](C)(C)O[Si](C)(C)O[Si](C)(C)O[Si](C)(C)O[Si](C)(C)O[Si](C)(C)O[Si](C)(C)O[Si](C)(C)O[Si](C)(C)O[Si](C)(C)O[Si](C)(C)O[Si](C)(C)O[Si](C)(C)O[Si](C)(C)O[Si](C)(C)O[Si](C)(C)C. The highest BCUT2D eigenvalue weighted by Gasteiger charge is 2.57. The molecule has 0 N–H and O–H groups in total. The fourth-order valence-corrected chi connectivity index (χ4v) is 151. The second-order valence-electron chi connectivity index (χ2n) is 43.5. The molecule has 0 bridgehead atoms. The van der Waals surface area contributed by atoms with Crippen molar-refractivity contribution in [2.75, 3.05) is 6.61 Å². The molecule has 0 saturated carbocycles. The van der Waals surface area contributed by atoms with Gasteiger partial charge in [-0.25, -0.2) is 0 Å². The van der Waals surface area contributed by atoms with Crippen LogP contribution >= 0.6 is 0 Å². The molecular formula is C62H176O27Si26. The van der Waals surface area contributed by atoms with E-state index in [0.29, 0.717) is 6.61 Å². The van der Waals surface area contributed by atoms with Crippen molar-refractivity contribution in [3.63, 3.8) is 0 Å². The van der Waals surface area contributed by atoms with Gasteiger partial charge in [-0.2, -0.15) is 0 Å². The molecular weight excluding hydrogens is 1910 g/mol. The molecule has 0 aliphatic rings. The summed E-state index contributed by atoms with van der Waals surface area (Å²) in [4.78, 5) is 12.6. The van der Waals surface area contributed by atoms with E-state index in [1.807, 2.05) is 20.8 Å². The molecule has 0 rings (SSSR count). The minimum absolute atomic E-state index is 0.159. The van der Waals surface area contributed by atoms with Gasteiger partial charge >= 0.3 is 211 Å². The Bertz CT molecular complexity index is 3060. The van der Waals surface area contributed by atoms with E-state index in [1.165, 1.54) is 0 Å². The lowest BCUT2D eigenvalue weighted by atomic mass is 9.91. The van der Waals surface area contributed by atoms with Crippen LogP contribution < -0.4 is 0 Å². The van der Waals surface area contributed by atoms with E-state index in [1.54, 1.807) is 0 Å². The first-order valence-electron chi connectivity index (χ1n) is 41.1. The van der Waals surface area contributed by atoms with E-state index < -0.39 is 228 Å². The van der Waals surface area contributed by atoms with Crippen LogP contribution in [0.25, 0.3) is 0 Å². The Morgan fingerprint density at radius 3 is 0.417 bits per heavy atom. The predicted molar refractivity (Wildman–Crippen MR) is 532 cm³/mol. The molecule has 0 amide bonds. The van der Waals surface area contributed by atoms with Crippen LogP contribution in [0.4, 0.5) is 0 Å². The first-order valence-corrected chi connectivity index (χ1v) is 115. The summed E-state index contributed by atoms with van der Waals surface area (Å²) in [7, 11) is -72.2. The molecule has 0 radical (unpaired) electrons. The molecule has 53 heteroatoms. The average Bonchev–Trinajstić information content (AvgIpc) is 0.800. The summed E-state index contributed by atoms with van der Waals surface area (Å²) < 4.78 is 179. The fourth-order valence-electron chi connectivity index (χ4n) is 16.6. The first kappa shape index (κ1) is 119. The molecule has 115 heavy (non-hydrogen) atoms. The molecule has 0 unspecified atom stereocenters. The van der Waals surface area contributed by atoms with Crippen LogP contribution in [0, 0.1) is 5.41 Å². The van der Waals surface area contributed by atoms with Crippen LogP contribution in [0.15, 0.2) is 0 Å². The third-order valence-corrected chi connectivity index (χ3v) is 116. The van der Waals surface area contributed by atoms with Crippen LogP contribution in [0.3, 0.4) is 0 Å². The van der Waals surface area contributed by atoms with Crippen molar-refractivity contribution in [2.45, 2.75) is 387 Å². The zero-order valence-corrected chi connectivity index (χ0v) is 110. The lowest BCUT2D eigenvalue weighted by Crippen LogP contribution is -2.63. The van der Waals surface area contributed by atoms with Crippen molar-refractivity contribution in [1.29, 1.82) is 0 Å². The smallest absolute Gasteiger partial charge is 0.314 e. The number of hydrogen-bond donors (Lipinski definition) is 0. The van der Waals surface area contributed by atoms with Crippen molar-refractivity contribution >= 4 is 228 Å². The Balaban J connectivity index is 5.90. The summed E-state index contributed by atoms with van der Waals surface area (Å²) >= 11 is 0. The molecule has 690 valence electrons. The molecule has 0 aliphatic carbocycles. The monoisotopic (exact) mass is 2080 g/mol. The summed E-state index contributed by atoms with van der Waals surface area (Å²) in [6.45, 7) is 116.